The number of halogens is 1. The molecule has 10 radical (unpaired) electrons. The Morgan fingerprint density at radius 3 is 0.741 bits per heavy atom. The SMILES string of the molecule is C/C=C/C[S-].C[C]1[C](C)[C](C)[C](C)[C]1C.C[C]1[C](C)[C](C)[C](C)[C]1C.[Cl][Ti+]. The summed E-state index contributed by atoms with van der Waals surface area (Å²) in [5.41, 5.74) is 0. The number of hydrogen-bond donors (Lipinski definition) is 0. The van der Waals surface area contributed by atoms with E-state index >= 15 is 0 Å². The molecule has 0 nitrogen and oxygen atoms in total. The fraction of sp³-hybridized carbons (Fsp3) is 0.500. The van der Waals surface area contributed by atoms with Crippen LogP contribution in [0, 0.1) is 59.2 Å². The van der Waals surface area contributed by atoms with Gasteiger partial charge in [-0.15, -0.1) is 6.08 Å². The molecule has 3 heteroatoms. The van der Waals surface area contributed by atoms with E-state index in [0.717, 1.165) is 5.75 Å². The molecule has 2 aliphatic rings. The van der Waals surface area contributed by atoms with Gasteiger partial charge < -0.3 is 12.6 Å². The van der Waals surface area contributed by atoms with Gasteiger partial charge in [-0.05, 0) is 66.1 Å². The van der Waals surface area contributed by atoms with Gasteiger partial charge in [0.25, 0.3) is 0 Å². The Kier molecular flexibility index (Phi) is 17.8. The molecule has 0 N–H and O–H groups in total. The summed E-state index contributed by atoms with van der Waals surface area (Å²) in [6, 6.07) is 0. The molecule has 27 heavy (non-hydrogen) atoms. The molecule has 2 rings (SSSR count). The molecule has 2 aliphatic carbocycles. The predicted octanol–water partition coefficient (Wildman–Crippen LogP) is 7.74. The summed E-state index contributed by atoms with van der Waals surface area (Å²) in [4.78, 5) is 0. The van der Waals surface area contributed by atoms with Crippen molar-refractivity contribution >= 4 is 21.9 Å². The van der Waals surface area contributed by atoms with Crippen molar-refractivity contribution in [3.05, 3.63) is 71.3 Å². The van der Waals surface area contributed by atoms with Gasteiger partial charge in [-0.2, -0.15) is 5.75 Å². The topological polar surface area (TPSA) is 0 Å². The van der Waals surface area contributed by atoms with Crippen molar-refractivity contribution in [3.8, 4) is 0 Å². The van der Waals surface area contributed by atoms with Gasteiger partial charge in [0.1, 0.15) is 0 Å². The first-order valence-corrected chi connectivity index (χ1v) is 12.0. The van der Waals surface area contributed by atoms with Crippen LogP contribution in [0.5, 0.6) is 0 Å². The summed E-state index contributed by atoms with van der Waals surface area (Å²) in [6.07, 6.45) is 3.89. The van der Waals surface area contributed by atoms with Crippen molar-refractivity contribution in [2.45, 2.75) is 76.2 Å². The maximum atomic E-state index is 4.64. The molecular weight excluding hydrogens is 404 g/mol. The minimum absolute atomic E-state index is 0.747. The van der Waals surface area contributed by atoms with Crippen molar-refractivity contribution in [2.75, 3.05) is 5.75 Å². The molecule has 0 saturated heterocycles. The van der Waals surface area contributed by atoms with Crippen molar-refractivity contribution in [1.82, 2.24) is 0 Å². The molecule has 0 bridgehead atoms. The monoisotopic (exact) mass is 440 g/mol. The Labute approximate surface area is 193 Å². The van der Waals surface area contributed by atoms with Crippen LogP contribution in [0.2, 0.25) is 0 Å². The van der Waals surface area contributed by atoms with Crippen LogP contribution in [0.4, 0.5) is 0 Å². The van der Waals surface area contributed by atoms with Gasteiger partial charge in [0, 0.05) is 0 Å². The quantitative estimate of drug-likeness (QED) is 0.228. The van der Waals surface area contributed by atoms with Crippen molar-refractivity contribution in [2.24, 2.45) is 0 Å². The molecule has 0 amide bonds. The van der Waals surface area contributed by atoms with Gasteiger partial charge in [-0.25, -0.2) is 0 Å². The van der Waals surface area contributed by atoms with Crippen LogP contribution in [0.3, 0.4) is 0 Å². The van der Waals surface area contributed by atoms with Gasteiger partial charge in [-0.1, -0.05) is 75.3 Å². The number of hydrogen-bond acceptors (Lipinski definition) is 1. The van der Waals surface area contributed by atoms with Crippen molar-refractivity contribution in [1.29, 1.82) is 0 Å². The van der Waals surface area contributed by atoms with E-state index in [9.17, 15) is 0 Å². The first kappa shape index (κ1) is 30.3. The average molecular weight is 441 g/mol. The molecule has 0 unspecified atom stereocenters. The molecular formula is C24H37ClSTi. The summed E-state index contributed by atoms with van der Waals surface area (Å²) >= 11 is 6.04. The van der Waals surface area contributed by atoms with E-state index in [0.29, 0.717) is 0 Å². The van der Waals surface area contributed by atoms with Crippen LogP contribution in [0.1, 0.15) is 76.2 Å². The second-order valence-corrected chi connectivity index (χ2v) is 7.32. The predicted molar refractivity (Wildman–Crippen MR) is 122 cm³/mol. The summed E-state index contributed by atoms with van der Waals surface area (Å²) in [7, 11) is 4.64. The standard InChI is InChI=1S/2C10H15.C4H8S.ClH.Ti/c2*1-6-7(2)9(4)10(5)8(6)3;1-2-3-4-5;;/h2*1-5H3;2-3,5H,4H2,1H3;1H;/q;;;;+2/p-2/b;;3-2+;;. The normalized spacial score (nSPS) is 23.1. The zero-order valence-corrected chi connectivity index (χ0v) is 22.3. The van der Waals surface area contributed by atoms with Gasteiger partial charge in [0.05, 0.1) is 0 Å². The Morgan fingerprint density at radius 2 is 0.704 bits per heavy atom. The summed E-state index contributed by atoms with van der Waals surface area (Å²) in [5.74, 6) is 15.4. The molecule has 0 spiro atoms. The first-order valence-electron chi connectivity index (χ1n) is 9.30. The Hall–Kier alpha value is 1.09. The maximum absolute atomic E-state index is 4.64. The van der Waals surface area contributed by atoms with Crippen molar-refractivity contribution in [3.63, 3.8) is 0 Å². The fourth-order valence-electron chi connectivity index (χ4n) is 2.91. The van der Waals surface area contributed by atoms with E-state index in [4.69, 9.17) is 0 Å². The third-order valence-corrected chi connectivity index (χ3v) is 6.15. The van der Waals surface area contributed by atoms with Gasteiger partial charge in [-0.3, -0.25) is 0 Å². The van der Waals surface area contributed by atoms with Gasteiger partial charge in [0.2, 0.25) is 0 Å². The fourth-order valence-corrected chi connectivity index (χ4v) is 3.10. The summed E-state index contributed by atoms with van der Waals surface area (Å²) in [6.45, 7) is 24.0. The Balaban J connectivity index is 0. The number of allylic oxidation sites excluding steroid dienone is 1. The molecule has 0 aromatic heterocycles. The van der Waals surface area contributed by atoms with Crippen LogP contribution < -0.4 is 0 Å². The van der Waals surface area contributed by atoms with E-state index in [1.54, 1.807) is 0 Å². The molecule has 0 aromatic rings. The van der Waals surface area contributed by atoms with E-state index in [1.807, 2.05) is 19.1 Å². The third-order valence-electron chi connectivity index (χ3n) is 5.96. The molecule has 0 aromatic carbocycles. The van der Waals surface area contributed by atoms with E-state index in [2.05, 4.69) is 91.2 Å². The van der Waals surface area contributed by atoms with Crippen LogP contribution in [-0.4, -0.2) is 5.75 Å². The third kappa shape index (κ3) is 9.19. The Morgan fingerprint density at radius 1 is 0.556 bits per heavy atom. The Bertz CT molecular complexity index is 267. The molecule has 150 valence electrons. The van der Waals surface area contributed by atoms with Crippen LogP contribution in [0.15, 0.2) is 12.2 Å². The zero-order valence-electron chi connectivity index (χ0n) is 19.1. The molecule has 0 atom stereocenters. The van der Waals surface area contributed by atoms with Crippen LogP contribution in [0.25, 0.3) is 0 Å². The molecule has 2 fully saturated rings. The second kappa shape index (κ2) is 15.9. The van der Waals surface area contributed by atoms with Crippen molar-refractivity contribution < 1.29 is 19.4 Å². The molecule has 2 saturated carbocycles. The second-order valence-electron chi connectivity index (χ2n) is 6.99. The van der Waals surface area contributed by atoms with Crippen LogP contribution in [-0.2, 0) is 32.0 Å². The molecule has 0 aliphatic heterocycles. The van der Waals surface area contributed by atoms with E-state index in [1.165, 1.54) is 78.6 Å². The average Bonchev–Trinajstić information content (AvgIpc) is 2.95. The van der Waals surface area contributed by atoms with Gasteiger partial charge >= 0.3 is 28.7 Å². The summed E-state index contributed by atoms with van der Waals surface area (Å²) in [5, 5.41) is 0. The minimum atomic E-state index is 0.747. The van der Waals surface area contributed by atoms with E-state index in [-0.39, 0.29) is 0 Å². The number of rotatable bonds is 1. The van der Waals surface area contributed by atoms with E-state index < -0.39 is 0 Å². The first-order chi connectivity index (χ1) is 12.5. The summed E-state index contributed by atoms with van der Waals surface area (Å²) < 4.78 is 0. The molecule has 0 heterocycles. The van der Waals surface area contributed by atoms with Gasteiger partial charge in [0.15, 0.2) is 0 Å². The van der Waals surface area contributed by atoms with Crippen LogP contribution >= 0.6 is 9.30 Å². The zero-order chi connectivity index (χ0) is 21.9.